The Kier molecular flexibility index (Phi) is 6.85. The van der Waals surface area contributed by atoms with Gasteiger partial charge in [0.2, 0.25) is 0 Å². The van der Waals surface area contributed by atoms with Gasteiger partial charge in [0, 0.05) is 34.2 Å². The average Bonchev–Trinajstić information content (AvgIpc) is 2.70. The van der Waals surface area contributed by atoms with Crippen LogP contribution in [0.15, 0.2) is 42.5 Å². The van der Waals surface area contributed by atoms with Crippen LogP contribution in [-0.4, -0.2) is 41.0 Å². The normalized spacial score (nSPS) is 14.8. The number of anilines is 1. The molecule has 2 aromatic carbocycles. The maximum atomic E-state index is 14.4. The molecule has 1 aromatic heterocycles. The number of pyridine rings is 1. The second-order valence-corrected chi connectivity index (χ2v) is 8.13. The van der Waals surface area contributed by atoms with E-state index < -0.39 is 46.5 Å². The molecule has 32 heavy (non-hydrogen) atoms. The first-order chi connectivity index (χ1) is 15.0. The van der Waals surface area contributed by atoms with Gasteiger partial charge in [-0.05, 0) is 43.5 Å². The lowest BCUT2D eigenvalue weighted by Crippen LogP contribution is -2.54. The molecule has 3 rings (SSSR count). The number of aliphatic hydroxyl groups is 1. The third-order valence-electron chi connectivity index (χ3n) is 5.06. The van der Waals surface area contributed by atoms with Crippen LogP contribution in [0.5, 0.6) is 5.75 Å². The lowest BCUT2D eigenvalue weighted by molar-refractivity contribution is -0.256. The van der Waals surface area contributed by atoms with Crippen molar-refractivity contribution < 1.29 is 31.8 Å². The fraction of sp³-hybridized carbons (Fsp3) is 0.318. The lowest BCUT2D eigenvalue weighted by atomic mass is 9.87. The van der Waals surface area contributed by atoms with Gasteiger partial charge in [-0.1, -0.05) is 6.07 Å². The SMILES string of the molecule is COc1c(F)cc(F)cc1C(Nc1cccc2nc(C)ccc12)C(O)(CSC)C(F)(F)F. The van der Waals surface area contributed by atoms with Crippen LogP contribution in [0.4, 0.5) is 27.6 Å². The van der Waals surface area contributed by atoms with Gasteiger partial charge in [0.25, 0.3) is 0 Å². The van der Waals surface area contributed by atoms with Crippen LogP contribution in [0.1, 0.15) is 17.3 Å². The van der Waals surface area contributed by atoms with Gasteiger partial charge in [-0.2, -0.15) is 24.9 Å². The van der Waals surface area contributed by atoms with Gasteiger partial charge in [0.05, 0.1) is 18.7 Å². The van der Waals surface area contributed by atoms with Gasteiger partial charge in [0.1, 0.15) is 5.82 Å². The number of hydrogen-bond donors (Lipinski definition) is 2. The van der Waals surface area contributed by atoms with Crippen LogP contribution in [0.25, 0.3) is 10.9 Å². The number of rotatable bonds is 7. The number of nitrogens with zero attached hydrogens (tertiary/aromatic N) is 1. The number of thioether (sulfide) groups is 1. The second-order valence-electron chi connectivity index (χ2n) is 7.27. The predicted octanol–water partition coefficient (Wildman–Crippen LogP) is 5.64. The number of fused-ring (bicyclic) bond motifs is 1. The van der Waals surface area contributed by atoms with E-state index in [1.54, 1.807) is 31.2 Å². The Hall–Kier alpha value is -2.59. The topological polar surface area (TPSA) is 54.4 Å². The summed E-state index contributed by atoms with van der Waals surface area (Å²) in [6.45, 7) is 1.77. The third kappa shape index (κ3) is 4.47. The van der Waals surface area contributed by atoms with Crippen molar-refractivity contribution in [3.05, 3.63) is 65.4 Å². The van der Waals surface area contributed by atoms with E-state index >= 15 is 0 Å². The zero-order chi connectivity index (χ0) is 23.7. The highest BCUT2D eigenvalue weighted by Gasteiger charge is 2.59. The molecule has 10 heteroatoms. The molecule has 0 spiro atoms. The van der Waals surface area contributed by atoms with Gasteiger partial charge in [-0.15, -0.1) is 0 Å². The van der Waals surface area contributed by atoms with Crippen molar-refractivity contribution in [3.63, 3.8) is 0 Å². The van der Waals surface area contributed by atoms with E-state index in [1.807, 2.05) is 0 Å². The van der Waals surface area contributed by atoms with Gasteiger partial charge in [-0.25, -0.2) is 8.78 Å². The van der Waals surface area contributed by atoms with E-state index in [0.717, 1.165) is 24.9 Å². The van der Waals surface area contributed by atoms with Crippen molar-refractivity contribution in [3.8, 4) is 5.75 Å². The van der Waals surface area contributed by atoms with Gasteiger partial charge in [-0.3, -0.25) is 4.98 Å². The zero-order valence-electron chi connectivity index (χ0n) is 17.4. The minimum Gasteiger partial charge on any atom is -0.493 e. The smallest absolute Gasteiger partial charge is 0.420 e. The second kappa shape index (κ2) is 9.11. The summed E-state index contributed by atoms with van der Waals surface area (Å²) < 4.78 is 76.0. The average molecular weight is 472 g/mol. The third-order valence-corrected chi connectivity index (χ3v) is 5.78. The van der Waals surface area contributed by atoms with Crippen LogP contribution < -0.4 is 10.1 Å². The van der Waals surface area contributed by atoms with E-state index in [9.17, 15) is 27.1 Å². The number of methoxy groups -OCH3 is 1. The Bertz CT molecular complexity index is 1130. The molecule has 0 bridgehead atoms. The van der Waals surface area contributed by atoms with E-state index in [0.29, 0.717) is 22.7 Å². The Morgan fingerprint density at radius 1 is 1.16 bits per heavy atom. The van der Waals surface area contributed by atoms with Crippen LogP contribution in [0, 0.1) is 18.6 Å². The maximum Gasteiger partial charge on any atom is 0.420 e. The highest BCUT2D eigenvalue weighted by Crippen LogP contribution is 2.47. The molecule has 0 aliphatic heterocycles. The first kappa shape index (κ1) is 24.1. The van der Waals surface area contributed by atoms with Crippen molar-refractivity contribution in [2.24, 2.45) is 0 Å². The highest BCUT2D eigenvalue weighted by molar-refractivity contribution is 7.98. The van der Waals surface area contributed by atoms with Crippen LogP contribution in [-0.2, 0) is 0 Å². The number of nitrogens with one attached hydrogen (secondary N) is 1. The van der Waals surface area contributed by atoms with Crippen LogP contribution in [0.3, 0.4) is 0 Å². The molecule has 0 aliphatic rings. The van der Waals surface area contributed by atoms with Gasteiger partial charge in [0.15, 0.2) is 17.2 Å². The van der Waals surface area contributed by atoms with Crippen molar-refractivity contribution in [1.82, 2.24) is 4.98 Å². The summed E-state index contributed by atoms with van der Waals surface area (Å²) in [5.74, 6) is -3.67. The summed E-state index contributed by atoms with van der Waals surface area (Å²) in [7, 11) is 1.06. The van der Waals surface area contributed by atoms with E-state index in [4.69, 9.17) is 4.74 Å². The molecule has 3 aromatic rings. The summed E-state index contributed by atoms with van der Waals surface area (Å²) in [5.41, 5.74) is -2.48. The fourth-order valence-electron chi connectivity index (χ4n) is 3.55. The molecule has 0 aliphatic carbocycles. The predicted molar refractivity (Wildman–Crippen MR) is 115 cm³/mol. The molecule has 2 N–H and O–H groups in total. The number of aryl methyl sites for hydroxylation is 1. The molecule has 2 unspecified atom stereocenters. The minimum absolute atomic E-state index is 0.204. The molecule has 4 nitrogen and oxygen atoms in total. The Morgan fingerprint density at radius 2 is 1.88 bits per heavy atom. The largest absolute Gasteiger partial charge is 0.493 e. The summed E-state index contributed by atoms with van der Waals surface area (Å²) in [5, 5.41) is 14.1. The number of halogens is 5. The number of hydrogen-bond acceptors (Lipinski definition) is 5. The monoisotopic (exact) mass is 472 g/mol. The Balaban J connectivity index is 2.28. The lowest BCUT2D eigenvalue weighted by Gasteiger charge is -2.39. The maximum absolute atomic E-state index is 14.4. The standard InChI is InChI=1S/C22H21F5N2O2S/c1-12-7-8-14-17(28-12)5-4-6-18(14)29-20(21(30,11-32-3)22(25,26)27)15-9-13(23)10-16(24)19(15)31-2/h4-10,20,29-30H,11H2,1-3H3. The van der Waals surface area contributed by atoms with Crippen molar-refractivity contribution in [2.45, 2.75) is 24.7 Å². The number of ether oxygens (including phenoxy) is 1. The molecule has 0 amide bonds. The van der Waals surface area contributed by atoms with Crippen molar-refractivity contribution >= 4 is 28.4 Å². The fourth-order valence-corrected chi connectivity index (χ4v) is 4.32. The summed E-state index contributed by atoms with van der Waals surface area (Å²) in [6.07, 6.45) is -3.75. The highest BCUT2D eigenvalue weighted by atomic mass is 32.2. The Labute approximate surface area is 185 Å². The number of alkyl halides is 3. The molecule has 0 saturated carbocycles. The Morgan fingerprint density at radius 3 is 2.50 bits per heavy atom. The molecular formula is C22H21F5N2O2S. The molecular weight excluding hydrogens is 451 g/mol. The van der Waals surface area contributed by atoms with E-state index in [2.05, 4.69) is 10.3 Å². The summed E-state index contributed by atoms with van der Waals surface area (Å²) >= 11 is 0.746. The molecule has 0 fully saturated rings. The molecule has 172 valence electrons. The summed E-state index contributed by atoms with van der Waals surface area (Å²) in [4.78, 5) is 4.35. The molecule has 1 heterocycles. The van der Waals surface area contributed by atoms with Gasteiger partial charge < -0.3 is 15.2 Å². The van der Waals surface area contributed by atoms with E-state index in [-0.39, 0.29) is 5.69 Å². The van der Waals surface area contributed by atoms with Crippen LogP contribution >= 0.6 is 11.8 Å². The van der Waals surface area contributed by atoms with Crippen molar-refractivity contribution in [1.29, 1.82) is 0 Å². The van der Waals surface area contributed by atoms with Gasteiger partial charge >= 0.3 is 6.18 Å². The first-order valence-electron chi connectivity index (χ1n) is 9.45. The van der Waals surface area contributed by atoms with Crippen LogP contribution in [0.2, 0.25) is 0 Å². The number of aromatic nitrogens is 1. The molecule has 0 saturated heterocycles. The van der Waals surface area contributed by atoms with Crippen molar-refractivity contribution in [2.75, 3.05) is 24.4 Å². The first-order valence-corrected chi connectivity index (χ1v) is 10.8. The summed E-state index contributed by atoms with van der Waals surface area (Å²) in [6, 6.07) is 7.35. The molecule has 0 radical (unpaired) electrons. The van der Waals surface area contributed by atoms with E-state index in [1.165, 1.54) is 12.3 Å². The zero-order valence-corrected chi connectivity index (χ0v) is 18.2. The quantitative estimate of drug-likeness (QED) is 0.436. The minimum atomic E-state index is -5.14. The number of benzene rings is 2. The molecule has 2 atom stereocenters.